The maximum Gasteiger partial charge on any atom is 0.123 e. The summed E-state index contributed by atoms with van der Waals surface area (Å²) in [6.45, 7) is 8.12. The molecule has 0 radical (unpaired) electrons. The van der Waals surface area contributed by atoms with Crippen molar-refractivity contribution in [1.82, 2.24) is 10.3 Å². The van der Waals surface area contributed by atoms with Gasteiger partial charge in [-0.1, -0.05) is 20.3 Å². The summed E-state index contributed by atoms with van der Waals surface area (Å²) in [6, 6.07) is 3.93. The molecule has 0 aliphatic carbocycles. The molecule has 0 fully saturated rings. The topological polar surface area (TPSA) is 34.1 Å². The molecule has 1 heterocycles. The molecule has 0 aliphatic rings. The highest BCUT2D eigenvalue weighted by molar-refractivity contribution is 5.22. The van der Waals surface area contributed by atoms with Gasteiger partial charge in [0.1, 0.15) is 5.75 Å². The van der Waals surface area contributed by atoms with Gasteiger partial charge in [-0.25, -0.2) is 0 Å². The second kappa shape index (κ2) is 7.23. The molecule has 16 heavy (non-hydrogen) atoms. The van der Waals surface area contributed by atoms with Gasteiger partial charge in [-0.15, -0.1) is 0 Å². The van der Waals surface area contributed by atoms with Gasteiger partial charge in [0.05, 0.1) is 11.8 Å². The Morgan fingerprint density at radius 3 is 2.94 bits per heavy atom. The molecule has 3 nitrogen and oxygen atoms in total. The lowest BCUT2D eigenvalue weighted by molar-refractivity contribution is 0.209. The van der Waals surface area contributed by atoms with E-state index in [4.69, 9.17) is 4.74 Å². The van der Waals surface area contributed by atoms with Crippen molar-refractivity contribution >= 4 is 0 Å². The van der Waals surface area contributed by atoms with Crippen molar-refractivity contribution in [3.63, 3.8) is 0 Å². The molecule has 1 rings (SSSR count). The second-order valence-electron chi connectivity index (χ2n) is 3.98. The van der Waals surface area contributed by atoms with Crippen molar-refractivity contribution in [2.45, 2.75) is 46.3 Å². The third-order valence-corrected chi connectivity index (χ3v) is 2.38. The summed E-state index contributed by atoms with van der Waals surface area (Å²) >= 11 is 0. The molecule has 0 aliphatic heterocycles. The highest BCUT2D eigenvalue weighted by Gasteiger charge is 2.03. The average Bonchev–Trinajstić information content (AvgIpc) is 2.27. The van der Waals surface area contributed by atoms with Gasteiger partial charge in [0.25, 0.3) is 0 Å². The number of pyridine rings is 1. The van der Waals surface area contributed by atoms with Crippen LogP contribution >= 0.6 is 0 Å². The Labute approximate surface area is 98.2 Å². The van der Waals surface area contributed by atoms with Crippen molar-refractivity contribution in [2.75, 3.05) is 6.54 Å². The largest absolute Gasteiger partial charge is 0.491 e. The molecule has 0 saturated carbocycles. The van der Waals surface area contributed by atoms with E-state index in [-0.39, 0.29) is 6.10 Å². The molecule has 1 aromatic heterocycles. The standard InChI is InChI=1S/C13H22N2O/c1-4-6-11(3)16-13-7-8-15-12(9-13)10-14-5-2/h7-9,11,14H,4-6,10H2,1-3H3. The Bertz CT molecular complexity index is 302. The molecule has 3 heteroatoms. The number of ether oxygens (including phenoxy) is 1. The van der Waals surface area contributed by atoms with Crippen molar-refractivity contribution in [3.05, 3.63) is 24.0 Å². The predicted octanol–water partition coefficient (Wildman–Crippen LogP) is 2.76. The quantitative estimate of drug-likeness (QED) is 0.770. The number of aromatic nitrogens is 1. The molecule has 0 bridgehead atoms. The Balaban J connectivity index is 2.52. The first-order chi connectivity index (χ1) is 7.76. The molecule has 1 atom stereocenters. The van der Waals surface area contributed by atoms with Gasteiger partial charge < -0.3 is 10.1 Å². The monoisotopic (exact) mass is 222 g/mol. The Morgan fingerprint density at radius 1 is 1.44 bits per heavy atom. The van der Waals surface area contributed by atoms with Gasteiger partial charge in [-0.3, -0.25) is 4.98 Å². The van der Waals surface area contributed by atoms with E-state index in [0.717, 1.165) is 37.4 Å². The molecule has 0 spiro atoms. The van der Waals surface area contributed by atoms with Crippen LogP contribution < -0.4 is 10.1 Å². The lowest BCUT2D eigenvalue weighted by atomic mass is 10.2. The van der Waals surface area contributed by atoms with Crippen LogP contribution in [0.3, 0.4) is 0 Å². The molecular formula is C13H22N2O. The van der Waals surface area contributed by atoms with Crippen LogP contribution in [-0.4, -0.2) is 17.6 Å². The fraction of sp³-hybridized carbons (Fsp3) is 0.615. The Morgan fingerprint density at radius 2 is 2.25 bits per heavy atom. The highest BCUT2D eigenvalue weighted by Crippen LogP contribution is 2.14. The second-order valence-corrected chi connectivity index (χ2v) is 3.98. The smallest absolute Gasteiger partial charge is 0.123 e. The van der Waals surface area contributed by atoms with Crippen molar-refractivity contribution in [3.8, 4) is 5.75 Å². The minimum absolute atomic E-state index is 0.277. The van der Waals surface area contributed by atoms with Crippen LogP contribution in [0.5, 0.6) is 5.75 Å². The summed E-state index contributed by atoms with van der Waals surface area (Å²) in [5, 5.41) is 3.25. The van der Waals surface area contributed by atoms with Gasteiger partial charge in [0.15, 0.2) is 0 Å². The number of nitrogens with zero attached hydrogens (tertiary/aromatic N) is 1. The van der Waals surface area contributed by atoms with Crippen molar-refractivity contribution in [2.24, 2.45) is 0 Å². The lowest BCUT2D eigenvalue weighted by Crippen LogP contribution is -2.14. The van der Waals surface area contributed by atoms with Crippen molar-refractivity contribution < 1.29 is 4.74 Å². The fourth-order valence-corrected chi connectivity index (χ4v) is 1.58. The summed E-state index contributed by atoms with van der Waals surface area (Å²) in [5.41, 5.74) is 1.03. The van der Waals surface area contributed by atoms with E-state index < -0.39 is 0 Å². The highest BCUT2D eigenvalue weighted by atomic mass is 16.5. The molecule has 0 saturated heterocycles. The van der Waals surface area contributed by atoms with Crippen LogP contribution in [0.1, 0.15) is 39.3 Å². The van der Waals surface area contributed by atoms with Crippen LogP contribution in [0.25, 0.3) is 0 Å². The van der Waals surface area contributed by atoms with Crippen LogP contribution in [0.2, 0.25) is 0 Å². The van der Waals surface area contributed by atoms with Crippen molar-refractivity contribution in [1.29, 1.82) is 0 Å². The van der Waals surface area contributed by atoms with Crippen LogP contribution in [0.4, 0.5) is 0 Å². The minimum atomic E-state index is 0.277. The summed E-state index contributed by atoms with van der Waals surface area (Å²) in [5.74, 6) is 0.920. The van der Waals surface area contributed by atoms with Crippen LogP contribution in [-0.2, 0) is 6.54 Å². The molecule has 0 amide bonds. The van der Waals surface area contributed by atoms with Gasteiger partial charge in [0.2, 0.25) is 0 Å². The summed E-state index contributed by atoms with van der Waals surface area (Å²) in [7, 11) is 0. The molecule has 1 aromatic rings. The van der Waals surface area contributed by atoms with E-state index in [9.17, 15) is 0 Å². The van der Waals surface area contributed by atoms with Crippen LogP contribution in [0, 0.1) is 0 Å². The SMILES string of the molecule is CCCC(C)Oc1ccnc(CNCC)c1. The molecule has 0 aromatic carbocycles. The van der Waals surface area contributed by atoms with E-state index in [1.807, 2.05) is 12.1 Å². The minimum Gasteiger partial charge on any atom is -0.491 e. The molecule has 1 N–H and O–H groups in total. The molecular weight excluding hydrogens is 200 g/mol. The number of hydrogen-bond donors (Lipinski definition) is 1. The first kappa shape index (κ1) is 13.0. The molecule has 90 valence electrons. The summed E-state index contributed by atoms with van der Waals surface area (Å²) in [4.78, 5) is 4.29. The summed E-state index contributed by atoms with van der Waals surface area (Å²) in [6.07, 6.45) is 4.32. The van der Waals surface area contributed by atoms with E-state index >= 15 is 0 Å². The first-order valence-corrected chi connectivity index (χ1v) is 6.08. The van der Waals surface area contributed by atoms with E-state index in [0.29, 0.717) is 0 Å². The zero-order valence-corrected chi connectivity index (χ0v) is 10.5. The van der Waals surface area contributed by atoms with Crippen LogP contribution in [0.15, 0.2) is 18.3 Å². The summed E-state index contributed by atoms with van der Waals surface area (Å²) < 4.78 is 5.81. The third-order valence-electron chi connectivity index (χ3n) is 2.38. The predicted molar refractivity (Wildman–Crippen MR) is 66.6 cm³/mol. The fourth-order valence-electron chi connectivity index (χ4n) is 1.58. The van der Waals surface area contributed by atoms with Gasteiger partial charge in [-0.2, -0.15) is 0 Å². The van der Waals surface area contributed by atoms with E-state index in [1.54, 1.807) is 6.20 Å². The zero-order valence-electron chi connectivity index (χ0n) is 10.5. The van der Waals surface area contributed by atoms with Gasteiger partial charge in [-0.05, 0) is 26.0 Å². The van der Waals surface area contributed by atoms with Gasteiger partial charge >= 0.3 is 0 Å². The first-order valence-electron chi connectivity index (χ1n) is 6.08. The number of hydrogen-bond acceptors (Lipinski definition) is 3. The van der Waals surface area contributed by atoms with E-state index in [2.05, 4.69) is 31.1 Å². The lowest BCUT2D eigenvalue weighted by Gasteiger charge is -2.14. The Kier molecular flexibility index (Phi) is 5.86. The zero-order chi connectivity index (χ0) is 11.8. The van der Waals surface area contributed by atoms with E-state index in [1.165, 1.54) is 0 Å². The molecule has 1 unspecified atom stereocenters. The maximum absolute atomic E-state index is 5.81. The normalized spacial score (nSPS) is 12.4. The third kappa shape index (κ3) is 4.62. The average molecular weight is 222 g/mol. The number of rotatable bonds is 7. The Hall–Kier alpha value is -1.09. The van der Waals surface area contributed by atoms with Gasteiger partial charge in [0, 0.05) is 18.8 Å². The number of nitrogens with one attached hydrogen (secondary N) is 1. The maximum atomic E-state index is 5.81.